The van der Waals surface area contributed by atoms with E-state index in [2.05, 4.69) is 46.6 Å². The van der Waals surface area contributed by atoms with Gasteiger partial charge in [0, 0.05) is 12.7 Å². The van der Waals surface area contributed by atoms with E-state index in [-0.39, 0.29) is 0 Å². The number of hydrogen-bond acceptors (Lipinski definition) is 5. The lowest BCUT2D eigenvalue weighted by Crippen LogP contribution is -2.14. The third kappa shape index (κ3) is 2.57. The molecule has 0 aliphatic heterocycles. The highest BCUT2D eigenvalue weighted by Crippen LogP contribution is 2.22. The van der Waals surface area contributed by atoms with Crippen molar-refractivity contribution in [3.05, 3.63) is 42.2 Å². The van der Waals surface area contributed by atoms with E-state index in [0.29, 0.717) is 5.82 Å². The van der Waals surface area contributed by atoms with Crippen LogP contribution < -0.4 is 16.2 Å². The van der Waals surface area contributed by atoms with Gasteiger partial charge in [-0.25, -0.2) is 10.8 Å². The number of hydrogen-bond donors (Lipinski definition) is 2. The lowest BCUT2D eigenvalue weighted by atomic mass is 10.1. The lowest BCUT2D eigenvalue weighted by Gasteiger charge is -2.18. The van der Waals surface area contributed by atoms with Crippen molar-refractivity contribution in [2.24, 2.45) is 5.84 Å². The van der Waals surface area contributed by atoms with Gasteiger partial charge in [-0.3, -0.25) is 4.98 Å². The van der Waals surface area contributed by atoms with Crippen LogP contribution in [-0.4, -0.2) is 17.0 Å². The van der Waals surface area contributed by atoms with Gasteiger partial charge in [0.25, 0.3) is 0 Å². The first-order chi connectivity index (χ1) is 8.74. The van der Waals surface area contributed by atoms with E-state index in [9.17, 15) is 0 Å². The SMILES string of the molecule is CCc1ccc(N(C)c2cncc(NN)n2)cc1. The fraction of sp³-hybridized carbons (Fsp3) is 0.231. The Bertz CT molecular complexity index is 509. The first-order valence-electron chi connectivity index (χ1n) is 5.86. The van der Waals surface area contributed by atoms with Gasteiger partial charge < -0.3 is 10.3 Å². The molecule has 94 valence electrons. The molecule has 3 N–H and O–H groups in total. The van der Waals surface area contributed by atoms with Gasteiger partial charge >= 0.3 is 0 Å². The predicted molar refractivity (Wildman–Crippen MR) is 73.7 cm³/mol. The first-order valence-corrected chi connectivity index (χ1v) is 5.86. The van der Waals surface area contributed by atoms with Gasteiger partial charge in [0.1, 0.15) is 0 Å². The number of nitrogen functional groups attached to an aromatic ring is 1. The van der Waals surface area contributed by atoms with E-state index in [1.165, 1.54) is 5.56 Å². The maximum absolute atomic E-state index is 5.32. The third-order valence-electron chi connectivity index (χ3n) is 2.85. The molecule has 0 radical (unpaired) electrons. The van der Waals surface area contributed by atoms with Gasteiger partial charge in [-0.2, -0.15) is 0 Å². The first kappa shape index (κ1) is 12.3. The number of rotatable bonds is 4. The Morgan fingerprint density at radius 2 is 1.94 bits per heavy atom. The summed E-state index contributed by atoms with van der Waals surface area (Å²) in [5, 5.41) is 0. The van der Waals surface area contributed by atoms with Gasteiger partial charge in [0.05, 0.1) is 12.4 Å². The minimum absolute atomic E-state index is 0.546. The molecule has 0 amide bonds. The second kappa shape index (κ2) is 5.46. The number of aryl methyl sites for hydroxylation is 1. The van der Waals surface area contributed by atoms with Gasteiger partial charge in [0.15, 0.2) is 11.6 Å². The zero-order chi connectivity index (χ0) is 13.0. The Morgan fingerprint density at radius 1 is 1.22 bits per heavy atom. The maximum Gasteiger partial charge on any atom is 0.160 e. The maximum atomic E-state index is 5.32. The number of benzene rings is 1. The van der Waals surface area contributed by atoms with Crippen LogP contribution in [0.25, 0.3) is 0 Å². The van der Waals surface area contributed by atoms with Crippen molar-refractivity contribution in [3.8, 4) is 0 Å². The standard InChI is InChI=1S/C13H17N5/c1-3-10-4-6-11(7-5-10)18(2)13-9-15-8-12(16-13)17-14/h4-9H,3,14H2,1-2H3,(H,16,17). The molecule has 5 nitrogen and oxygen atoms in total. The average Bonchev–Trinajstić information content (AvgIpc) is 2.46. The van der Waals surface area contributed by atoms with Crippen LogP contribution in [0, 0.1) is 0 Å². The van der Waals surface area contributed by atoms with Gasteiger partial charge in [-0.1, -0.05) is 19.1 Å². The van der Waals surface area contributed by atoms with Crippen molar-refractivity contribution >= 4 is 17.3 Å². The zero-order valence-corrected chi connectivity index (χ0v) is 10.6. The second-order valence-electron chi connectivity index (χ2n) is 3.99. The number of anilines is 3. The zero-order valence-electron chi connectivity index (χ0n) is 10.6. The third-order valence-corrected chi connectivity index (χ3v) is 2.85. The molecule has 0 fully saturated rings. The Morgan fingerprint density at radius 3 is 2.56 bits per heavy atom. The molecular weight excluding hydrogens is 226 g/mol. The van der Waals surface area contributed by atoms with E-state index in [1.54, 1.807) is 12.4 Å². The summed E-state index contributed by atoms with van der Waals surface area (Å²) in [5.41, 5.74) is 4.87. The molecule has 1 aromatic carbocycles. The minimum Gasteiger partial charge on any atom is -0.328 e. The molecule has 0 aliphatic rings. The lowest BCUT2D eigenvalue weighted by molar-refractivity contribution is 1.07. The van der Waals surface area contributed by atoms with Gasteiger partial charge in [0.2, 0.25) is 0 Å². The molecule has 0 unspecified atom stereocenters. The molecule has 0 spiro atoms. The molecule has 0 aliphatic carbocycles. The molecule has 0 saturated carbocycles. The number of aromatic nitrogens is 2. The summed E-state index contributed by atoms with van der Waals surface area (Å²) in [6.07, 6.45) is 4.32. The van der Waals surface area contributed by atoms with Crippen LogP contribution >= 0.6 is 0 Å². The quantitative estimate of drug-likeness (QED) is 0.635. The van der Waals surface area contributed by atoms with Crippen LogP contribution in [0.5, 0.6) is 0 Å². The Hall–Kier alpha value is -2.14. The number of nitrogens with one attached hydrogen (secondary N) is 1. The topological polar surface area (TPSA) is 67.1 Å². The molecule has 0 bridgehead atoms. The van der Waals surface area contributed by atoms with E-state index in [0.717, 1.165) is 17.9 Å². The molecule has 0 saturated heterocycles. The van der Waals surface area contributed by atoms with Crippen molar-refractivity contribution < 1.29 is 0 Å². The fourth-order valence-corrected chi connectivity index (χ4v) is 1.67. The highest BCUT2D eigenvalue weighted by molar-refractivity contribution is 5.59. The van der Waals surface area contributed by atoms with Crippen molar-refractivity contribution in [2.75, 3.05) is 17.4 Å². The average molecular weight is 243 g/mol. The largest absolute Gasteiger partial charge is 0.328 e. The van der Waals surface area contributed by atoms with Crippen LogP contribution in [0.15, 0.2) is 36.7 Å². The Balaban J connectivity index is 2.25. The molecule has 2 rings (SSSR count). The Labute approximate surface area is 107 Å². The highest BCUT2D eigenvalue weighted by atomic mass is 15.3. The smallest absolute Gasteiger partial charge is 0.160 e. The molecule has 2 aromatic rings. The molecule has 18 heavy (non-hydrogen) atoms. The summed E-state index contributed by atoms with van der Waals surface area (Å²) in [6, 6.07) is 8.38. The normalized spacial score (nSPS) is 10.2. The predicted octanol–water partition coefficient (Wildman–Crippen LogP) is 2.09. The summed E-state index contributed by atoms with van der Waals surface area (Å²) in [7, 11) is 1.95. The monoisotopic (exact) mass is 243 g/mol. The van der Waals surface area contributed by atoms with Gasteiger partial charge in [-0.15, -0.1) is 0 Å². The summed E-state index contributed by atoms with van der Waals surface area (Å²) in [6.45, 7) is 2.14. The van der Waals surface area contributed by atoms with E-state index in [4.69, 9.17) is 5.84 Å². The number of hydrazine groups is 1. The Kier molecular flexibility index (Phi) is 3.74. The molecule has 5 heteroatoms. The van der Waals surface area contributed by atoms with Gasteiger partial charge in [-0.05, 0) is 24.1 Å². The molecule has 0 atom stereocenters. The molecule has 1 heterocycles. The van der Waals surface area contributed by atoms with Crippen LogP contribution in [0.2, 0.25) is 0 Å². The second-order valence-corrected chi connectivity index (χ2v) is 3.99. The van der Waals surface area contributed by atoms with Crippen molar-refractivity contribution in [3.63, 3.8) is 0 Å². The highest BCUT2D eigenvalue weighted by Gasteiger charge is 2.06. The molecular formula is C13H17N5. The van der Waals surface area contributed by atoms with E-state index >= 15 is 0 Å². The number of nitrogens with two attached hydrogens (primary N) is 1. The van der Waals surface area contributed by atoms with Crippen LogP contribution in [0.4, 0.5) is 17.3 Å². The van der Waals surface area contributed by atoms with Crippen LogP contribution in [0.3, 0.4) is 0 Å². The van der Waals surface area contributed by atoms with Crippen LogP contribution in [0.1, 0.15) is 12.5 Å². The minimum atomic E-state index is 0.546. The summed E-state index contributed by atoms with van der Waals surface area (Å²) >= 11 is 0. The summed E-state index contributed by atoms with van der Waals surface area (Å²) in [4.78, 5) is 10.4. The van der Waals surface area contributed by atoms with Crippen molar-refractivity contribution in [1.29, 1.82) is 0 Å². The van der Waals surface area contributed by atoms with Crippen molar-refractivity contribution in [2.45, 2.75) is 13.3 Å². The van der Waals surface area contributed by atoms with E-state index < -0.39 is 0 Å². The number of nitrogens with zero attached hydrogens (tertiary/aromatic N) is 3. The fourth-order valence-electron chi connectivity index (χ4n) is 1.67. The summed E-state index contributed by atoms with van der Waals surface area (Å²) < 4.78 is 0. The van der Waals surface area contributed by atoms with Crippen LogP contribution in [-0.2, 0) is 6.42 Å². The van der Waals surface area contributed by atoms with E-state index in [1.807, 2.05) is 11.9 Å². The molecule has 1 aromatic heterocycles. The summed E-state index contributed by atoms with van der Waals surface area (Å²) in [5.74, 6) is 6.62. The van der Waals surface area contributed by atoms with Crippen molar-refractivity contribution in [1.82, 2.24) is 9.97 Å².